The number of sulfonamides is 1. The summed E-state index contributed by atoms with van der Waals surface area (Å²) in [6, 6.07) is 4.06. The summed E-state index contributed by atoms with van der Waals surface area (Å²) in [5.41, 5.74) is 0.205. The number of nitrogens with zero attached hydrogens (tertiary/aromatic N) is 2. The number of likely N-dealkylation sites (tertiary alicyclic amines) is 1. The van der Waals surface area contributed by atoms with Gasteiger partial charge in [-0.25, -0.2) is 12.8 Å². The van der Waals surface area contributed by atoms with Gasteiger partial charge in [0.15, 0.2) is 0 Å². The van der Waals surface area contributed by atoms with Crippen LogP contribution in [-0.2, 0) is 10.0 Å². The zero-order valence-electron chi connectivity index (χ0n) is 14.2. The molecule has 24 heavy (non-hydrogen) atoms. The third kappa shape index (κ3) is 2.87. The van der Waals surface area contributed by atoms with E-state index in [1.807, 2.05) is 7.05 Å². The van der Waals surface area contributed by atoms with Gasteiger partial charge in [-0.2, -0.15) is 4.31 Å². The second-order valence-electron chi connectivity index (χ2n) is 7.14. The zero-order chi connectivity index (χ0) is 17.5. The van der Waals surface area contributed by atoms with Crippen molar-refractivity contribution in [3.8, 4) is 0 Å². The number of hydrogen-bond acceptors (Lipinski definition) is 4. The number of piperidine rings is 2. The molecule has 2 saturated heterocycles. The van der Waals surface area contributed by atoms with Crippen molar-refractivity contribution in [1.29, 1.82) is 0 Å². The molecule has 5 nitrogen and oxygen atoms in total. The number of aliphatic hydroxyl groups is 1. The van der Waals surface area contributed by atoms with Crippen molar-refractivity contribution in [3.63, 3.8) is 0 Å². The average molecular weight is 356 g/mol. The number of likely N-dealkylation sites (N-methyl/N-ethyl adjacent to an activating group) is 1. The number of fused-ring (bicyclic) bond motifs is 1. The molecule has 3 rings (SSSR count). The first-order valence-electron chi connectivity index (χ1n) is 8.37. The molecular formula is C17H25FN2O3S. The van der Waals surface area contributed by atoms with Crippen LogP contribution in [0.15, 0.2) is 23.1 Å². The summed E-state index contributed by atoms with van der Waals surface area (Å²) in [6.07, 6.45) is 2.57. The van der Waals surface area contributed by atoms with Crippen molar-refractivity contribution < 1.29 is 17.9 Å². The fourth-order valence-electron chi connectivity index (χ4n) is 4.09. The molecule has 7 heteroatoms. The van der Waals surface area contributed by atoms with E-state index in [0.29, 0.717) is 25.1 Å². The van der Waals surface area contributed by atoms with E-state index in [1.165, 1.54) is 16.4 Å². The molecule has 1 aromatic carbocycles. The highest BCUT2D eigenvalue weighted by Gasteiger charge is 2.48. The lowest BCUT2D eigenvalue weighted by atomic mass is 9.69. The fourth-order valence-corrected chi connectivity index (χ4v) is 5.55. The summed E-state index contributed by atoms with van der Waals surface area (Å²) >= 11 is 0. The number of benzene rings is 1. The van der Waals surface area contributed by atoms with Gasteiger partial charge in [0, 0.05) is 24.5 Å². The standard InChI is InChI=1S/C17H25FN2O3S/c1-13-4-5-14(10-15(13)18)24(22,23)20-9-7-17(12-21)6-3-8-19(2)16(17)11-20/h4-5,10,16,21H,3,6-9,11-12H2,1-2H3/t16-,17-/m1/s1. The minimum absolute atomic E-state index is 0.000519. The topological polar surface area (TPSA) is 60.9 Å². The van der Waals surface area contributed by atoms with Gasteiger partial charge in [0.05, 0.1) is 11.5 Å². The maximum Gasteiger partial charge on any atom is 0.243 e. The molecule has 0 unspecified atom stereocenters. The number of hydrogen-bond donors (Lipinski definition) is 1. The number of rotatable bonds is 3. The van der Waals surface area contributed by atoms with Crippen LogP contribution in [-0.4, -0.2) is 62.1 Å². The maximum absolute atomic E-state index is 13.8. The third-order valence-electron chi connectivity index (χ3n) is 5.76. The molecule has 0 spiro atoms. The lowest BCUT2D eigenvalue weighted by Crippen LogP contribution is -2.62. The van der Waals surface area contributed by atoms with Crippen molar-refractivity contribution >= 4 is 10.0 Å². The van der Waals surface area contributed by atoms with E-state index in [-0.39, 0.29) is 23.0 Å². The largest absolute Gasteiger partial charge is 0.396 e. The summed E-state index contributed by atoms with van der Waals surface area (Å²) in [4.78, 5) is 2.15. The van der Waals surface area contributed by atoms with E-state index in [9.17, 15) is 17.9 Å². The smallest absolute Gasteiger partial charge is 0.243 e. The number of halogens is 1. The zero-order valence-corrected chi connectivity index (χ0v) is 15.0. The van der Waals surface area contributed by atoms with Gasteiger partial charge in [0.2, 0.25) is 10.0 Å². The van der Waals surface area contributed by atoms with Crippen LogP contribution in [0.2, 0.25) is 0 Å². The van der Waals surface area contributed by atoms with Crippen LogP contribution in [0, 0.1) is 18.2 Å². The molecule has 0 bridgehead atoms. The predicted molar refractivity (Wildman–Crippen MR) is 89.7 cm³/mol. The van der Waals surface area contributed by atoms with Gasteiger partial charge >= 0.3 is 0 Å². The van der Waals surface area contributed by atoms with Crippen LogP contribution < -0.4 is 0 Å². The SMILES string of the molecule is Cc1ccc(S(=O)(=O)N2CC[C@@]3(CO)CCCN(C)[C@@H]3C2)cc1F. The minimum atomic E-state index is -3.73. The van der Waals surface area contributed by atoms with E-state index >= 15 is 0 Å². The highest BCUT2D eigenvalue weighted by Crippen LogP contribution is 2.42. The Hall–Kier alpha value is -1.02. The molecule has 2 heterocycles. The van der Waals surface area contributed by atoms with Crippen molar-refractivity contribution in [2.24, 2.45) is 5.41 Å². The molecule has 2 aliphatic rings. The van der Waals surface area contributed by atoms with E-state index in [0.717, 1.165) is 25.5 Å². The summed E-state index contributed by atoms with van der Waals surface area (Å²) in [6.45, 7) is 3.30. The van der Waals surface area contributed by atoms with Crippen LogP contribution >= 0.6 is 0 Å². The molecule has 2 fully saturated rings. The highest BCUT2D eigenvalue weighted by atomic mass is 32.2. The Labute approximate surface area is 143 Å². The highest BCUT2D eigenvalue weighted by molar-refractivity contribution is 7.89. The van der Waals surface area contributed by atoms with Crippen LogP contribution in [0.3, 0.4) is 0 Å². The molecular weight excluding hydrogens is 331 g/mol. The Bertz CT molecular complexity index is 725. The van der Waals surface area contributed by atoms with Gasteiger partial charge in [-0.1, -0.05) is 6.07 Å². The minimum Gasteiger partial charge on any atom is -0.396 e. The van der Waals surface area contributed by atoms with Gasteiger partial charge in [-0.15, -0.1) is 0 Å². The van der Waals surface area contributed by atoms with E-state index in [2.05, 4.69) is 4.90 Å². The van der Waals surface area contributed by atoms with E-state index < -0.39 is 15.8 Å². The lowest BCUT2D eigenvalue weighted by Gasteiger charge is -2.53. The second kappa shape index (κ2) is 6.37. The quantitative estimate of drug-likeness (QED) is 0.894. The van der Waals surface area contributed by atoms with Crippen LogP contribution in [0.4, 0.5) is 4.39 Å². The Kier molecular flexibility index (Phi) is 4.72. The van der Waals surface area contributed by atoms with E-state index in [1.54, 1.807) is 6.92 Å². The third-order valence-corrected chi connectivity index (χ3v) is 7.62. The molecule has 1 N–H and O–H groups in total. The van der Waals surface area contributed by atoms with Gasteiger partial charge in [0.25, 0.3) is 0 Å². The second-order valence-corrected chi connectivity index (χ2v) is 9.08. The Morgan fingerprint density at radius 2 is 2.08 bits per heavy atom. The van der Waals surface area contributed by atoms with Crippen LogP contribution in [0.1, 0.15) is 24.8 Å². The molecule has 2 atom stereocenters. The summed E-state index contributed by atoms with van der Waals surface area (Å²) in [5, 5.41) is 9.92. The van der Waals surface area contributed by atoms with Gasteiger partial charge in [-0.05, 0) is 57.5 Å². The molecule has 1 aromatic rings. The first-order valence-corrected chi connectivity index (χ1v) is 9.82. The van der Waals surface area contributed by atoms with Crippen molar-refractivity contribution in [2.45, 2.75) is 37.1 Å². The predicted octanol–water partition coefficient (Wildman–Crippen LogP) is 1.60. The maximum atomic E-state index is 13.8. The molecule has 0 radical (unpaired) electrons. The average Bonchev–Trinajstić information content (AvgIpc) is 2.57. The van der Waals surface area contributed by atoms with Crippen molar-refractivity contribution in [2.75, 3.05) is 33.3 Å². The van der Waals surface area contributed by atoms with Crippen LogP contribution in [0.5, 0.6) is 0 Å². The van der Waals surface area contributed by atoms with E-state index in [4.69, 9.17) is 0 Å². The molecule has 0 aromatic heterocycles. The fraction of sp³-hybridized carbons (Fsp3) is 0.647. The number of aryl methyl sites for hydroxylation is 1. The summed E-state index contributed by atoms with van der Waals surface area (Å²) in [7, 11) is -1.74. The van der Waals surface area contributed by atoms with Gasteiger partial charge in [0.1, 0.15) is 5.82 Å². The molecule has 0 saturated carbocycles. The van der Waals surface area contributed by atoms with Crippen molar-refractivity contribution in [3.05, 3.63) is 29.6 Å². The Morgan fingerprint density at radius 3 is 2.75 bits per heavy atom. The summed E-state index contributed by atoms with van der Waals surface area (Å²) < 4.78 is 41.0. The number of aliphatic hydroxyl groups excluding tert-OH is 1. The van der Waals surface area contributed by atoms with Gasteiger partial charge < -0.3 is 10.0 Å². The summed E-state index contributed by atoms with van der Waals surface area (Å²) in [5.74, 6) is -0.507. The molecule has 134 valence electrons. The van der Waals surface area contributed by atoms with Gasteiger partial charge in [-0.3, -0.25) is 0 Å². The molecule has 0 amide bonds. The van der Waals surface area contributed by atoms with Crippen LogP contribution in [0.25, 0.3) is 0 Å². The normalized spacial score (nSPS) is 29.4. The van der Waals surface area contributed by atoms with Crippen molar-refractivity contribution in [1.82, 2.24) is 9.21 Å². The Balaban J connectivity index is 1.89. The monoisotopic (exact) mass is 356 g/mol. The Morgan fingerprint density at radius 1 is 1.33 bits per heavy atom. The molecule has 2 aliphatic heterocycles. The first-order chi connectivity index (χ1) is 11.3. The molecule has 0 aliphatic carbocycles. The first kappa shape index (κ1) is 17.8. The lowest BCUT2D eigenvalue weighted by molar-refractivity contribution is -0.0508.